The van der Waals surface area contributed by atoms with Gasteiger partial charge in [-0.2, -0.15) is 9.50 Å². The Bertz CT molecular complexity index is 1470. The molecule has 34 heavy (non-hydrogen) atoms. The summed E-state index contributed by atoms with van der Waals surface area (Å²) < 4.78 is 36.7. The molecular weight excluding hydrogens is 442 g/mol. The van der Waals surface area contributed by atoms with Crippen molar-refractivity contribution in [2.75, 3.05) is 43.4 Å². The summed E-state index contributed by atoms with van der Waals surface area (Å²) in [5, 5.41) is 5.28. The first-order valence-electron chi connectivity index (χ1n) is 11.0. The first-order valence-corrected chi connectivity index (χ1v) is 11.0. The molecular formula is C23H22F2N8O. The summed E-state index contributed by atoms with van der Waals surface area (Å²) in [6.45, 7) is 4.28. The van der Waals surface area contributed by atoms with Crippen LogP contribution in [0.4, 0.5) is 20.4 Å². The molecule has 0 aliphatic carbocycles. The van der Waals surface area contributed by atoms with Crippen molar-refractivity contribution >= 4 is 28.3 Å². The highest BCUT2D eigenvalue weighted by atomic mass is 19.2. The van der Waals surface area contributed by atoms with Crippen molar-refractivity contribution in [2.24, 2.45) is 0 Å². The van der Waals surface area contributed by atoms with E-state index in [1.54, 1.807) is 30.5 Å². The summed E-state index contributed by atoms with van der Waals surface area (Å²) in [4.78, 5) is 13.4. The molecule has 5 heterocycles. The van der Waals surface area contributed by atoms with Gasteiger partial charge in [0.25, 0.3) is 0 Å². The van der Waals surface area contributed by atoms with E-state index < -0.39 is 11.6 Å². The Labute approximate surface area is 193 Å². The Balaban J connectivity index is 1.17. The lowest BCUT2D eigenvalue weighted by Gasteiger charge is -2.36. The Morgan fingerprint density at radius 2 is 1.79 bits per heavy atom. The fourth-order valence-electron chi connectivity index (χ4n) is 4.45. The number of halogens is 2. The molecule has 0 atom stereocenters. The molecule has 0 unspecified atom stereocenters. The van der Waals surface area contributed by atoms with E-state index in [0.717, 1.165) is 36.7 Å². The number of fused-ring (bicyclic) bond motifs is 3. The van der Waals surface area contributed by atoms with Crippen molar-refractivity contribution in [3.05, 3.63) is 60.5 Å². The number of piperazine rings is 1. The van der Waals surface area contributed by atoms with E-state index in [-0.39, 0.29) is 5.95 Å². The molecule has 11 heteroatoms. The predicted octanol–water partition coefficient (Wildman–Crippen LogP) is 3.02. The zero-order valence-corrected chi connectivity index (χ0v) is 18.2. The van der Waals surface area contributed by atoms with Gasteiger partial charge in [-0.3, -0.25) is 4.90 Å². The summed E-state index contributed by atoms with van der Waals surface area (Å²) in [6.07, 6.45) is 3.54. The lowest BCUT2D eigenvalue weighted by molar-refractivity contribution is 0.248. The van der Waals surface area contributed by atoms with Crippen LogP contribution in [0.5, 0.6) is 0 Å². The number of hydrogen-bond donors (Lipinski definition) is 1. The van der Waals surface area contributed by atoms with Crippen LogP contribution in [0, 0.1) is 11.6 Å². The number of furan rings is 1. The number of rotatable bonds is 5. The number of hydrogen-bond acceptors (Lipinski definition) is 7. The lowest BCUT2D eigenvalue weighted by Crippen LogP contribution is -2.47. The van der Waals surface area contributed by atoms with Crippen LogP contribution in [0.15, 0.2) is 53.3 Å². The van der Waals surface area contributed by atoms with Gasteiger partial charge in [0.15, 0.2) is 23.0 Å². The fourth-order valence-corrected chi connectivity index (χ4v) is 4.45. The number of aromatic nitrogens is 5. The molecule has 4 aromatic heterocycles. The first-order chi connectivity index (χ1) is 16.6. The number of nitrogens with two attached hydrogens (primary N) is 1. The van der Waals surface area contributed by atoms with Crippen molar-refractivity contribution in [3.8, 4) is 11.6 Å². The van der Waals surface area contributed by atoms with E-state index in [1.807, 2.05) is 21.7 Å². The molecule has 174 valence electrons. The molecule has 0 spiro atoms. The van der Waals surface area contributed by atoms with Gasteiger partial charge in [0.05, 0.1) is 17.3 Å². The van der Waals surface area contributed by atoms with E-state index in [0.29, 0.717) is 42.6 Å². The highest BCUT2D eigenvalue weighted by Crippen LogP contribution is 2.25. The maximum Gasteiger partial charge on any atom is 0.225 e. The highest BCUT2D eigenvalue weighted by molar-refractivity contribution is 5.91. The zero-order chi connectivity index (χ0) is 23.2. The molecule has 5 aromatic rings. The molecule has 0 radical (unpaired) electrons. The number of benzene rings is 1. The average molecular weight is 464 g/mol. The van der Waals surface area contributed by atoms with Gasteiger partial charge >= 0.3 is 0 Å². The van der Waals surface area contributed by atoms with E-state index >= 15 is 0 Å². The van der Waals surface area contributed by atoms with Crippen LogP contribution in [0.25, 0.3) is 28.3 Å². The minimum Gasteiger partial charge on any atom is -0.461 e. The summed E-state index contributed by atoms with van der Waals surface area (Å²) in [6, 6.07) is 9.84. The monoisotopic (exact) mass is 464 g/mol. The Hall–Kier alpha value is -3.99. The lowest BCUT2D eigenvalue weighted by atomic mass is 10.2. The van der Waals surface area contributed by atoms with Gasteiger partial charge in [-0.1, -0.05) is 6.07 Å². The highest BCUT2D eigenvalue weighted by Gasteiger charge is 2.21. The summed E-state index contributed by atoms with van der Waals surface area (Å²) in [7, 11) is 0. The number of nitrogens with zero attached hydrogens (tertiary/aromatic N) is 7. The number of anilines is 2. The smallest absolute Gasteiger partial charge is 0.225 e. The third-order valence-corrected chi connectivity index (χ3v) is 6.26. The second-order valence-electron chi connectivity index (χ2n) is 8.27. The maximum absolute atomic E-state index is 14.1. The van der Waals surface area contributed by atoms with Crippen molar-refractivity contribution in [2.45, 2.75) is 6.54 Å². The van der Waals surface area contributed by atoms with Crippen molar-refractivity contribution in [1.82, 2.24) is 29.0 Å². The van der Waals surface area contributed by atoms with Crippen molar-refractivity contribution < 1.29 is 13.2 Å². The molecule has 1 aromatic carbocycles. The van der Waals surface area contributed by atoms with E-state index in [2.05, 4.69) is 20.0 Å². The maximum atomic E-state index is 14.1. The summed E-state index contributed by atoms with van der Waals surface area (Å²) in [5.41, 5.74) is 7.87. The Morgan fingerprint density at radius 1 is 0.941 bits per heavy atom. The molecule has 6 rings (SSSR count). The number of nitrogen functional groups attached to an aromatic ring is 1. The third kappa shape index (κ3) is 3.45. The average Bonchev–Trinajstić information content (AvgIpc) is 3.60. The zero-order valence-electron chi connectivity index (χ0n) is 18.2. The third-order valence-electron chi connectivity index (χ3n) is 6.26. The van der Waals surface area contributed by atoms with Crippen LogP contribution in [-0.2, 0) is 6.54 Å². The molecule has 1 aliphatic rings. The van der Waals surface area contributed by atoms with Crippen LogP contribution >= 0.6 is 0 Å². The fraction of sp³-hybridized carbons (Fsp3) is 0.261. The van der Waals surface area contributed by atoms with Crippen LogP contribution in [0.2, 0.25) is 0 Å². The van der Waals surface area contributed by atoms with Gasteiger partial charge in [0, 0.05) is 45.5 Å². The molecule has 1 saturated heterocycles. The summed E-state index contributed by atoms with van der Waals surface area (Å²) >= 11 is 0. The van der Waals surface area contributed by atoms with E-state index in [1.165, 1.54) is 4.52 Å². The standard InChI is InChI=1S/C23H22F2N8O/c24-16-3-1-4-17(19(16)25)31-11-8-30(9-12-31)10-13-32-7-6-15-21(32)28-23(26)33-22(15)27-20(29-33)18-5-2-14-34-18/h1-7,14H,8-13H2,(H2,26,28). The van der Waals surface area contributed by atoms with Gasteiger partial charge in [0.1, 0.15) is 5.65 Å². The van der Waals surface area contributed by atoms with Gasteiger partial charge < -0.3 is 19.6 Å². The van der Waals surface area contributed by atoms with E-state index in [9.17, 15) is 8.78 Å². The van der Waals surface area contributed by atoms with Gasteiger partial charge in [-0.25, -0.2) is 13.8 Å². The van der Waals surface area contributed by atoms with Gasteiger partial charge in [-0.15, -0.1) is 5.10 Å². The van der Waals surface area contributed by atoms with E-state index in [4.69, 9.17) is 10.2 Å². The molecule has 0 amide bonds. The molecule has 0 saturated carbocycles. The molecule has 9 nitrogen and oxygen atoms in total. The Morgan fingerprint density at radius 3 is 2.59 bits per heavy atom. The summed E-state index contributed by atoms with van der Waals surface area (Å²) in [5.74, 6) is -0.338. The van der Waals surface area contributed by atoms with Crippen LogP contribution in [-0.4, -0.2) is 61.8 Å². The molecule has 2 N–H and O–H groups in total. The van der Waals surface area contributed by atoms with Crippen LogP contribution in [0.3, 0.4) is 0 Å². The minimum absolute atomic E-state index is 0.249. The van der Waals surface area contributed by atoms with Crippen LogP contribution in [0.1, 0.15) is 0 Å². The second kappa shape index (κ2) is 8.10. The van der Waals surface area contributed by atoms with Crippen molar-refractivity contribution in [1.29, 1.82) is 0 Å². The molecule has 1 aliphatic heterocycles. The predicted molar refractivity (Wildman–Crippen MR) is 123 cm³/mol. The van der Waals surface area contributed by atoms with Crippen molar-refractivity contribution in [3.63, 3.8) is 0 Å². The topological polar surface area (TPSA) is 93.6 Å². The normalized spacial score (nSPS) is 15.1. The van der Waals surface area contributed by atoms with Crippen LogP contribution < -0.4 is 10.6 Å². The van der Waals surface area contributed by atoms with Gasteiger partial charge in [-0.05, 0) is 30.3 Å². The minimum atomic E-state index is -0.816. The largest absolute Gasteiger partial charge is 0.461 e. The molecule has 0 bridgehead atoms. The Kier molecular flexibility index (Phi) is 4.91. The quantitative estimate of drug-likeness (QED) is 0.427. The van der Waals surface area contributed by atoms with Gasteiger partial charge in [0.2, 0.25) is 11.8 Å². The first kappa shape index (κ1) is 20.6. The molecule has 1 fully saturated rings. The second-order valence-corrected chi connectivity index (χ2v) is 8.27. The SMILES string of the molecule is Nc1nc2c(ccn2CCN2CCN(c3cccc(F)c3F)CC2)c2nc(-c3ccco3)nn12.